The minimum absolute atomic E-state index is 0.0538. The summed E-state index contributed by atoms with van der Waals surface area (Å²) in [6, 6.07) is 14.3. The van der Waals surface area contributed by atoms with Gasteiger partial charge in [0.1, 0.15) is 0 Å². The van der Waals surface area contributed by atoms with Gasteiger partial charge < -0.3 is 0 Å². The Balaban J connectivity index is 1.97. The maximum Gasteiger partial charge on any atom is 0.268 e. The van der Waals surface area contributed by atoms with Crippen molar-refractivity contribution in [3.05, 3.63) is 78.6 Å². The number of carbonyl (C=O) groups is 1. The lowest BCUT2D eigenvalue weighted by molar-refractivity contribution is -0.124. The summed E-state index contributed by atoms with van der Waals surface area (Å²) in [6.07, 6.45) is 6.15. The molecule has 0 aliphatic rings. The van der Waals surface area contributed by atoms with Gasteiger partial charge in [0.05, 0.1) is 11.2 Å². The number of nitrogens with zero attached hydrogens (tertiary/aromatic N) is 1. The first-order valence-electron chi connectivity index (χ1n) is 8.83. The molecule has 0 saturated carbocycles. The standard InChI is InChI=1S/C20H19N3O6S2/c1-30(26,27)22-17-9-7-16(8-10-17)18-4-2-3-5-19(18)31(28,29)23-13-12-15(14-23)6-11-20(24)21-25/h2-14,22,25H,1H3,(H,21,24). The van der Waals surface area contributed by atoms with Gasteiger partial charge in [0.15, 0.2) is 0 Å². The molecule has 1 aromatic heterocycles. The SMILES string of the molecule is CS(=O)(=O)Nc1ccc(-c2ccccc2S(=O)(=O)n2ccc(C=CC(=O)NO)c2)cc1. The maximum absolute atomic E-state index is 13.2. The molecule has 11 heteroatoms. The second-order valence-corrected chi connectivity index (χ2v) is 10.1. The fourth-order valence-electron chi connectivity index (χ4n) is 2.83. The molecule has 162 valence electrons. The van der Waals surface area contributed by atoms with Crippen LogP contribution in [0.1, 0.15) is 5.56 Å². The van der Waals surface area contributed by atoms with Crippen molar-refractivity contribution in [2.24, 2.45) is 0 Å². The third-order valence-electron chi connectivity index (χ3n) is 4.17. The predicted octanol–water partition coefficient (Wildman–Crippen LogP) is 2.28. The summed E-state index contributed by atoms with van der Waals surface area (Å²) in [7, 11) is -7.38. The zero-order chi connectivity index (χ0) is 22.6. The minimum atomic E-state index is -3.96. The minimum Gasteiger partial charge on any atom is -0.288 e. The quantitative estimate of drug-likeness (QED) is 0.281. The van der Waals surface area contributed by atoms with Crippen molar-refractivity contribution in [1.82, 2.24) is 9.45 Å². The Hall–Kier alpha value is -3.41. The summed E-state index contributed by atoms with van der Waals surface area (Å²) in [5.41, 5.74) is 3.29. The van der Waals surface area contributed by atoms with E-state index < -0.39 is 26.0 Å². The second kappa shape index (κ2) is 8.76. The van der Waals surface area contributed by atoms with E-state index in [1.165, 1.54) is 36.1 Å². The van der Waals surface area contributed by atoms with Crippen molar-refractivity contribution < 1.29 is 26.8 Å². The smallest absolute Gasteiger partial charge is 0.268 e. The topological polar surface area (TPSA) is 135 Å². The van der Waals surface area contributed by atoms with Gasteiger partial charge >= 0.3 is 0 Å². The Bertz CT molecular complexity index is 1340. The average molecular weight is 462 g/mol. The van der Waals surface area contributed by atoms with E-state index >= 15 is 0 Å². The summed E-state index contributed by atoms with van der Waals surface area (Å²) in [5, 5.41) is 8.52. The number of hydrogen-bond donors (Lipinski definition) is 3. The molecular weight excluding hydrogens is 442 g/mol. The number of sulfonamides is 1. The molecule has 0 atom stereocenters. The molecule has 9 nitrogen and oxygen atoms in total. The molecule has 0 fully saturated rings. The van der Waals surface area contributed by atoms with Crippen LogP contribution in [0.3, 0.4) is 0 Å². The van der Waals surface area contributed by atoms with Crippen molar-refractivity contribution in [1.29, 1.82) is 0 Å². The van der Waals surface area contributed by atoms with Crippen molar-refractivity contribution in [3.8, 4) is 11.1 Å². The molecule has 3 N–H and O–H groups in total. The third kappa shape index (κ3) is 5.40. The molecule has 0 radical (unpaired) electrons. The predicted molar refractivity (Wildman–Crippen MR) is 116 cm³/mol. The lowest BCUT2D eigenvalue weighted by Crippen LogP contribution is -2.14. The molecule has 3 aromatic rings. The van der Waals surface area contributed by atoms with Gasteiger partial charge in [-0.3, -0.25) is 14.7 Å². The van der Waals surface area contributed by atoms with E-state index in [2.05, 4.69) is 4.72 Å². The van der Waals surface area contributed by atoms with Crippen LogP contribution in [0.5, 0.6) is 0 Å². The van der Waals surface area contributed by atoms with Crippen LogP contribution in [0.15, 0.2) is 78.0 Å². The van der Waals surface area contributed by atoms with E-state index in [0.29, 0.717) is 22.4 Å². The Labute approximate surface area is 179 Å². The highest BCUT2D eigenvalue weighted by Gasteiger charge is 2.21. The van der Waals surface area contributed by atoms with Gasteiger partial charge in [0.25, 0.3) is 15.9 Å². The van der Waals surface area contributed by atoms with Gasteiger partial charge in [-0.1, -0.05) is 30.3 Å². The Morgan fingerprint density at radius 1 is 1.00 bits per heavy atom. The first-order valence-corrected chi connectivity index (χ1v) is 12.2. The van der Waals surface area contributed by atoms with E-state index in [9.17, 15) is 21.6 Å². The highest BCUT2D eigenvalue weighted by Crippen LogP contribution is 2.30. The Morgan fingerprint density at radius 3 is 2.32 bits per heavy atom. The molecule has 0 aliphatic carbocycles. The number of aromatic nitrogens is 1. The van der Waals surface area contributed by atoms with Crippen molar-refractivity contribution >= 4 is 37.7 Å². The van der Waals surface area contributed by atoms with Gasteiger partial charge in [0, 0.05) is 29.7 Å². The maximum atomic E-state index is 13.2. The van der Waals surface area contributed by atoms with E-state index in [-0.39, 0.29) is 4.90 Å². The molecule has 1 amide bonds. The van der Waals surface area contributed by atoms with Crippen LogP contribution in [-0.4, -0.2) is 38.2 Å². The number of nitrogens with one attached hydrogen (secondary N) is 2. The van der Waals surface area contributed by atoms with Crippen molar-refractivity contribution in [2.45, 2.75) is 4.90 Å². The summed E-state index contributed by atoms with van der Waals surface area (Å²) >= 11 is 0. The molecule has 0 unspecified atom stereocenters. The highest BCUT2D eigenvalue weighted by molar-refractivity contribution is 7.92. The summed E-state index contributed by atoms with van der Waals surface area (Å²) in [6.45, 7) is 0. The molecule has 0 spiro atoms. The second-order valence-electron chi connectivity index (χ2n) is 6.54. The molecule has 3 rings (SSSR count). The zero-order valence-corrected chi connectivity index (χ0v) is 17.9. The van der Waals surface area contributed by atoms with Crippen LogP contribution in [0.2, 0.25) is 0 Å². The normalized spacial score (nSPS) is 12.1. The Morgan fingerprint density at radius 2 is 1.68 bits per heavy atom. The van der Waals surface area contributed by atoms with Crippen LogP contribution >= 0.6 is 0 Å². The number of benzene rings is 2. The highest BCUT2D eigenvalue weighted by atomic mass is 32.2. The fourth-order valence-corrected chi connectivity index (χ4v) is 4.81. The van der Waals surface area contributed by atoms with Gasteiger partial charge in [0.2, 0.25) is 10.0 Å². The summed E-state index contributed by atoms with van der Waals surface area (Å²) in [4.78, 5) is 11.2. The largest absolute Gasteiger partial charge is 0.288 e. The molecule has 2 aromatic carbocycles. The van der Waals surface area contributed by atoms with Gasteiger partial charge in [-0.25, -0.2) is 26.3 Å². The number of hydroxylamine groups is 1. The van der Waals surface area contributed by atoms with Gasteiger partial charge in [-0.15, -0.1) is 0 Å². The van der Waals surface area contributed by atoms with Crippen LogP contribution in [0.25, 0.3) is 17.2 Å². The van der Waals surface area contributed by atoms with Crippen LogP contribution in [0, 0.1) is 0 Å². The molecular formula is C20H19N3O6S2. The Kier molecular flexibility index (Phi) is 6.29. The van der Waals surface area contributed by atoms with Gasteiger partial charge in [-0.2, -0.15) is 0 Å². The monoisotopic (exact) mass is 461 g/mol. The number of rotatable bonds is 7. The summed E-state index contributed by atoms with van der Waals surface area (Å²) in [5.74, 6) is -0.741. The molecule has 31 heavy (non-hydrogen) atoms. The zero-order valence-electron chi connectivity index (χ0n) is 16.3. The third-order valence-corrected chi connectivity index (χ3v) is 6.47. The van der Waals surface area contributed by atoms with Crippen molar-refractivity contribution in [3.63, 3.8) is 0 Å². The molecule has 0 bridgehead atoms. The number of hydrogen-bond acceptors (Lipinski definition) is 6. The van der Waals surface area contributed by atoms with Crippen LogP contribution in [0.4, 0.5) is 5.69 Å². The molecule has 0 saturated heterocycles. The summed E-state index contributed by atoms with van der Waals surface area (Å²) < 4.78 is 52.6. The molecule has 0 aliphatic heterocycles. The van der Waals surface area contributed by atoms with Crippen LogP contribution < -0.4 is 10.2 Å². The lowest BCUT2D eigenvalue weighted by atomic mass is 10.1. The first-order chi connectivity index (χ1) is 14.6. The van der Waals surface area contributed by atoms with Crippen molar-refractivity contribution in [2.75, 3.05) is 11.0 Å². The van der Waals surface area contributed by atoms with Crippen LogP contribution in [-0.2, 0) is 24.8 Å². The molecule has 1 heterocycles. The fraction of sp³-hybridized carbons (Fsp3) is 0.0500. The lowest BCUT2D eigenvalue weighted by Gasteiger charge is -2.12. The number of anilines is 1. The van der Waals surface area contributed by atoms with Gasteiger partial charge in [-0.05, 0) is 41.5 Å². The first kappa shape index (κ1) is 22.3. The number of carbonyl (C=O) groups excluding carboxylic acids is 1. The van der Waals surface area contributed by atoms with E-state index in [1.807, 2.05) is 0 Å². The number of amides is 1. The average Bonchev–Trinajstić information content (AvgIpc) is 3.21. The van der Waals surface area contributed by atoms with E-state index in [0.717, 1.165) is 16.3 Å². The van der Waals surface area contributed by atoms with E-state index in [4.69, 9.17) is 5.21 Å². The van der Waals surface area contributed by atoms with E-state index in [1.54, 1.807) is 42.5 Å².